The molecule has 4 unspecified atom stereocenters. The van der Waals surface area contributed by atoms with Crippen LogP contribution in [0.25, 0.3) is 0 Å². The maximum atomic E-state index is 14.8. The molecule has 12 atom stereocenters. The first kappa shape index (κ1) is 52.0. The third-order valence-electron chi connectivity index (χ3n) is 18.1. The topological polar surface area (TPSA) is 211 Å². The number of benzene rings is 4. The first-order chi connectivity index (χ1) is 36.0. The molecule has 1 saturated heterocycles. The van der Waals surface area contributed by atoms with E-state index in [9.17, 15) is 33.9 Å². The molecule has 6 aliphatic rings. The summed E-state index contributed by atoms with van der Waals surface area (Å²) in [5, 5.41) is 25.1. The number of esters is 2. The first-order valence-electron chi connectivity index (χ1n) is 26.5. The van der Waals surface area contributed by atoms with Gasteiger partial charge in [-0.3, -0.25) is 24.1 Å². The molecule has 10 rings (SSSR count). The number of likely N-dealkylation sites (tertiary alicyclic amines) is 1. The summed E-state index contributed by atoms with van der Waals surface area (Å²) in [4.78, 5) is 84.7. The molecule has 1 spiro atoms. The van der Waals surface area contributed by atoms with Crippen LogP contribution in [-0.4, -0.2) is 109 Å². The molecular formula is C59H69N5O11. The lowest BCUT2D eigenvalue weighted by molar-refractivity contribution is -0.275. The average Bonchev–Trinajstić information content (AvgIpc) is 3.86. The lowest BCUT2D eigenvalue weighted by Crippen LogP contribution is -2.76. The van der Waals surface area contributed by atoms with E-state index in [1.54, 1.807) is 139 Å². The van der Waals surface area contributed by atoms with Crippen LogP contribution >= 0.6 is 0 Å². The van der Waals surface area contributed by atoms with E-state index in [1.807, 2.05) is 0 Å². The van der Waals surface area contributed by atoms with Gasteiger partial charge in [0.2, 0.25) is 11.8 Å². The fourth-order valence-electron chi connectivity index (χ4n) is 15.0. The number of aliphatic hydroxyl groups is 1. The maximum Gasteiger partial charge on any atom is 0.340 e. The van der Waals surface area contributed by atoms with Gasteiger partial charge in [0.1, 0.15) is 6.10 Å². The van der Waals surface area contributed by atoms with Crippen molar-refractivity contribution in [1.29, 1.82) is 0 Å². The Morgan fingerprint density at radius 3 is 1.68 bits per heavy atom. The SMILES string of the molecule is CCN1C[C@]2(COC(=O)c3ccccc3NC(=O)c3ccccc3NC(=O)C(C)C)CC[C@H](OC)C34C1C(C[C@@H]32)[C@@]1(O)C[C@H](OC)C2C[C@@H]4[C@@H]1[C@H]2OC(=O)c1ccccc1NC(=O)c1ccccc1NC(=O)C(C)C. The lowest BCUT2D eigenvalue weighted by Gasteiger charge is -2.69. The number of carbonyl (C=O) groups is 6. The van der Waals surface area contributed by atoms with Gasteiger partial charge in [0.05, 0.1) is 69.4 Å². The fraction of sp³-hybridized carbons (Fsp3) is 0.492. The standard InChI is InChI=1S/C59H69N5O11/c1-8-64-30-57(31-74-55(69)36-19-11-15-23-43(36)62-53(67)34-17-9-13-21-41(34)60-51(65)32(2)3)26-25-47(73-7)59-39-27-38-45(72-6)29-58(71,40(50(59)64)28-46(57)59)48(39)49(38)75-56(70)37-20-12-16-24-44(37)63-54(68)35-18-10-14-22-42(35)61-52(66)33(4)5/h9-24,32-33,38-40,45-50,71H,8,25-31H2,1-7H3,(H,60,65)(H,61,66)(H,62,67)(H,63,68)/t38?,39-,40?,45+,46-,47+,48-,49+,50?,57+,58+,59?/m1/s1. The summed E-state index contributed by atoms with van der Waals surface area (Å²) in [7, 11) is 3.43. The second-order valence-corrected chi connectivity index (χ2v) is 22.4. The predicted molar refractivity (Wildman–Crippen MR) is 281 cm³/mol. The molecule has 0 aromatic heterocycles. The van der Waals surface area contributed by atoms with Crippen LogP contribution in [0.2, 0.25) is 0 Å². The Bertz CT molecular complexity index is 2910. The molecule has 5 aliphatic carbocycles. The summed E-state index contributed by atoms with van der Waals surface area (Å²) in [6, 6.07) is 26.8. The Kier molecular flexibility index (Phi) is 14.0. The number of rotatable bonds is 16. The molecule has 4 aromatic rings. The van der Waals surface area contributed by atoms with Crippen LogP contribution in [0.5, 0.6) is 0 Å². The molecule has 4 amide bonds. The molecule has 4 aromatic carbocycles. The van der Waals surface area contributed by atoms with Crippen molar-refractivity contribution < 1.29 is 52.8 Å². The average molecular weight is 1020 g/mol. The summed E-state index contributed by atoms with van der Waals surface area (Å²) in [5.74, 6) is -4.47. The first-order valence-corrected chi connectivity index (χ1v) is 26.5. The Labute approximate surface area is 438 Å². The Morgan fingerprint density at radius 2 is 1.17 bits per heavy atom. The van der Waals surface area contributed by atoms with Crippen LogP contribution in [0.1, 0.15) is 108 Å². The van der Waals surface area contributed by atoms with E-state index in [-0.39, 0.29) is 99.7 Å². The van der Waals surface area contributed by atoms with E-state index >= 15 is 0 Å². The summed E-state index contributed by atoms with van der Waals surface area (Å²) in [6.07, 6.45) is 1.72. The molecule has 1 aliphatic heterocycles. The van der Waals surface area contributed by atoms with E-state index in [0.717, 1.165) is 0 Å². The van der Waals surface area contributed by atoms with E-state index in [2.05, 4.69) is 33.1 Å². The number of piperidine rings is 1. The smallest absolute Gasteiger partial charge is 0.340 e. The monoisotopic (exact) mass is 1020 g/mol. The molecule has 5 N–H and O–H groups in total. The van der Waals surface area contributed by atoms with Crippen molar-refractivity contribution in [3.05, 3.63) is 119 Å². The van der Waals surface area contributed by atoms with Gasteiger partial charge in [-0.15, -0.1) is 0 Å². The van der Waals surface area contributed by atoms with Crippen molar-refractivity contribution in [2.75, 3.05) is 55.2 Å². The van der Waals surface area contributed by atoms with Gasteiger partial charge in [0, 0.05) is 73.6 Å². The summed E-state index contributed by atoms with van der Waals surface area (Å²) < 4.78 is 26.1. The number of para-hydroxylation sites is 4. The van der Waals surface area contributed by atoms with Gasteiger partial charge in [0.25, 0.3) is 11.8 Å². The third kappa shape index (κ3) is 8.61. The Morgan fingerprint density at radius 1 is 0.667 bits per heavy atom. The van der Waals surface area contributed by atoms with Crippen LogP contribution in [0, 0.1) is 52.3 Å². The van der Waals surface area contributed by atoms with Crippen LogP contribution in [0.15, 0.2) is 97.1 Å². The van der Waals surface area contributed by atoms with Crippen LogP contribution < -0.4 is 21.3 Å². The summed E-state index contributed by atoms with van der Waals surface area (Å²) >= 11 is 0. The van der Waals surface area contributed by atoms with E-state index in [4.69, 9.17) is 18.9 Å². The molecule has 75 heavy (non-hydrogen) atoms. The zero-order chi connectivity index (χ0) is 53.1. The van der Waals surface area contributed by atoms with Gasteiger partial charge in [-0.05, 0) is 92.6 Å². The van der Waals surface area contributed by atoms with E-state index in [0.29, 0.717) is 56.6 Å². The van der Waals surface area contributed by atoms with Crippen molar-refractivity contribution in [3.63, 3.8) is 0 Å². The maximum absolute atomic E-state index is 14.8. The number of fused-ring (bicyclic) bond motifs is 2. The number of nitrogens with zero attached hydrogens (tertiary/aromatic N) is 1. The summed E-state index contributed by atoms with van der Waals surface area (Å²) in [6.45, 7) is 10.7. The highest BCUT2D eigenvalue weighted by atomic mass is 16.6. The normalized spacial score (nSPS) is 30.8. The largest absolute Gasteiger partial charge is 0.461 e. The highest BCUT2D eigenvalue weighted by Gasteiger charge is 2.84. The van der Waals surface area contributed by atoms with Gasteiger partial charge < -0.3 is 45.3 Å². The molecule has 16 heteroatoms. The van der Waals surface area contributed by atoms with E-state index in [1.165, 1.54) is 0 Å². The second kappa shape index (κ2) is 20.2. The minimum atomic E-state index is -1.29. The molecule has 5 saturated carbocycles. The Balaban J connectivity index is 0.929. The lowest BCUT2D eigenvalue weighted by atomic mass is 9.43. The van der Waals surface area contributed by atoms with Crippen molar-refractivity contribution >= 4 is 58.3 Å². The molecule has 1 heterocycles. The minimum Gasteiger partial charge on any atom is -0.461 e. The van der Waals surface area contributed by atoms with Crippen LogP contribution in [0.4, 0.5) is 22.7 Å². The quantitative estimate of drug-likeness (QED) is 0.0672. The van der Waals surface area contributed by atoms with Gasteiger partial charge in [-0.1, -0.05) is 83.1 Å². The summed E-state index contributed by atoms with van der Waals surface area (Å²) in [5.41, 5.74) is -0.298. The predicted octanol–water partition coefficient (Wildman–Crippen LogP) is 8.30. The number of anilines is 4. The number of carbonyl (C=O) groups excluding carboxylic acids is 6. The molecule has 16 nitrogen and oxygen atoms in total. The van der Waals surface area contributed by atoms with Crippen LogP contribution in [0.3, 0.4) is 0 Å². The van der Waals surface area contributed by atoms with Gasteiger partial charge in [-0.25, -0.2) is 9.59 Å². The number of methoxy groups -OCH3 is 2. The molecular weight excluding hydrogens is 955 g/mol. The third-order valence-corrected chi connectivity index (χ3v) is 18.1. The number of amides is 4. The number of hydrogen-bond acceptors (Lipinski definition) is 12. The zero-order valence-electron chi connectivity index (χ0n) is 43.7. The molecule has 6 fully saturated rings. The number of nitrogens with one attached hydrogen (secondary N) is 4. The Hall–Kier alpha value is -6.46. The number of hydrogen-bond donors (Lipinski definition) is 5. The van der Waals surface area contributed by atoms with Crippen molar-refractivity contribution in [2.45, 2.75) is 96.7 Å². The highest BCUT2D eigenvalue weighted by Crippen LogP contribution is 2.79. The van der Waals surface area contributed by atoms with Crippen molar-refractivity contribution in [1.82, 2.24) is 4.90 Å². The van der Waals surface area contributed by atoms with E-state index < -0.39 is 58.3 Å². The van der Waals surface area contributed by atoms with Crippen LogP contribution in [-0.2, 0) is 28.5 Å². The number of ether oxygens (including phenoxy) is 4. The van der Waals surface area contributed by atoms with Gasteiger partial charge >= 0.3 is 11.9 Å². The second-order valence-electron chi connectivity index (χ2n) is 22.4. The minimum absolute atomic E-state index is 0.0262. The van der Waals surface area contributed by atoms with Gasteiger partial charge in [0.15, 0.2) is 0 Å². The fourth-order valence-corrected chi connectivity index (χ4v) is 15.0. The molecule has 7 bridgehead atoms. The van der Waals surface area contributed by atoms with Gasteiger partial charge in [-0.2, -0.15) is 0 Å². The zero-order valence-corrected chi connectivity index (χ0v) is 43.7. The molecule has 0 radical (unpaired) electrons. The van der Waals surface area contributed by atoms with Crippen molar-refractivity contribution in [3.8, 4) is 0 Å². The highest BCUT2D eigenvalue weighted by molar-refractivity contribution is 6.13. The van der Waals surface area contributed by atoms with Crippen molar-refractivity contribution in [2.24, 2.45) is 52.3 Å². The molecule has 396 valence electrons.